The second-order valence-electron chi connectivity index (χ2n) is 2.74. The van der Waals surface area contributed by atoms with Crippen molar-refractivity contribution < 1.29 is 14.6 Å². The van der Waals surface area contributed by atoms with Crippen molar-refractivity contribution in [1.29, 1.82) is 0 Å². The predicted molar refractivity (Wildman–Crippen MR) is 40.0 cm³/mol. The largest absolute Gasteiger partial charge is 0.512 e. The topological polar surface area (TPSA) is 46.5 Å². The molecule has 1 rings (SSSR count). The summed E-state index contributed by atoms with van der Waals surface area (Å²) in [6.07, 6.45) is 1.72. The SMILES string of the molecule is CC[C@@H]1OC(=O)C=C(O)[C@H]1C. The predicted octanol–water partition coefficient (Wildman–Crippen LogP) is 1.40. The standard InChI is InChI=1S/C8H12O3/c1-3-7-5(2)6(9)4-8(10)11-7/h4-5,7,9H,3H2,1-2H3/t5-,7+/m1/s1. The first kappa shape index (κ1) is 8.11. The van der Waals surface area contributed by atoms with Gasteiger partial charge in [0, 0.05) is 0 Å². The van der Waals surface area contributed by atoms with Gasteiger partial charge in [0.25, 0.3) is 0 Å². The number of hydrogen-bond donors (Lipinski definition) is 1. The fourth-order valence-corrected chi connectivity index (χ4v) is 1.16. The normalized spacial score (nSPS) is 31.1. The number of cyclic esters (lactones) is 1. The maximum Gasteiger partial charge on any atom is 0.334 e. The van der Waals surface area contributed by atoms with Crippen molar-refractivity contribution in [3.63, 3.8) is 0 Å². The monoisotopic (exact) mass is 156 g/mol. The minimum absolute atomic E-state index is 0.0577. The molecule has 0 bridgehead atoms. The molecule has 0 saturated heterocycles. The van der Waals surface area contributed by atoms with Gasteiger partial charge in [-0.3, -0.25) is 0 Å². The van der Waals surface area contributed by atoms with Gasteiger partial charge in [0.2, 0.25) is 0 Å². The zero-order valence-corrected chi connectivity index (χ0v) is 6.70. The van der Waals surface area contributed by atoms with Crippen LogP contribution in [-0.4, -0.2) is 17.2 Å². The molecule has 3 nitrogen and oxygen atoms in total. The van der Waals surface area contributed by atoms with Crippen molar-refractivity contribution in [1.82, 2.24) is 0 Å². The van der Waals surface area contributed by atoms with Crippen LogP contribution in [-0.2, 0) is 9.53 Å². The summed E-state index contributed by atoms with van der Waals surface area (Å²) in [7, 11) is 0. The second-order valence-corrected chi connectivity index (χ2v) is 2.74. The Morgan fingerprint density at radius 1 is 1.73 bits per heavy atom. The zero-order chi connectivity index (χ0) is 8.43. The Balaban J connectivity index is 2.77. The van der Waals surface area contributed by atoms with Gasteiger partial charge >= 0.3 is 5.97 Å². The average molecular weight is 156 g/mol. The number of carbonyl (C=O) groups is 1. The van der Waals surface area contributed by atoms with Gasteiger partial charge in [-0.05, 0) is 6.42 Å². The maximum atomic E-state index is 10.7. The highest BCUT2D eigenvalue weighted by Gasteiger charge is 2.27. The molecule has 0 aromatic heterocycles. The molecule has 0 aromatic carbocycles. The smallest absolute Gasteiger partial charge is 0.334 e. The van der Waals surface area contributed by atoms with Crippen LogP contribution in [0.25, 0.3) is 0 Å². The van der Waals surface area contributed by atoms with E-state index in [0.717, 1.165) is 12.5 Å². The summed E-state index contributed by atoms with van der Waals surface area (Å²) in [6, 6.07) is 0. The lowest BCUT2D eigenvalue weighted by Gasteiger charge is -2.25. The number of hydrogen-bond acceptors (Lipinski definition) is 3. The minimum Gasteiger partial charge on any atom is -0.512 e. The van der Waals surface area contributed by atoms with Crippen molar-refractivity contribution >= 4 is 5.97 Å². The van der Waals surface area contributed by atoms with E-state index < -0.39 is 5.97 Å². The molecule has 0 amide bonds. The molecule has 0 unspecified atom stereocenters. The van der Waals surface area contributed by atoms with E-state index in [9.17, 15) is 9.90 Å². The lowest BCUT2D eigenvalue weighted by molar-refractivity contribution is -0.148. The molecule has 0 radical (unpaired) electrons. The molecule has 2 atom stereocenters. The van der Waals surface area contributed by atoms with Crippen LogP contribution in [0.4, 0.5) is 0 Å². The van der Waals surface area contributed by atoms with Crippen molar-refractivity contribution in [3.8, 4) is 0 Å². The fraction of sp³-hybridized carbons (Fsp3) is 0.625. The molecule has 1 aliphatic heterocycles. The molecule has 3 heteroatoms. The highest BCUT2D eigenvalue weighted by atomic mass is 16.5. The van der Waals surface area contributed by atoms with E-state index in [4.69, 9.17) is 4.74 Å². The van der Waals surface area contributed by atoms with Crippen LogP contribution in [0.15, 0.2) is 11.8 Å². The van der Waals surface area contributed by atoms with Crippen molar-refractivity contribution in [3.05, 3.63) is 11.8 Å². The number of aliphatic hydroxyl groups is 1. The third kappa shape index (κ3) is 1.53. The van der Waals surface area contributed by atoms with E-state index in [0.29, 0.717) is 0 Å². The van der Waals surface area contributed by atoms with Crippen molar-refractivity contribution in [2.75, 3.05) is 0 Å². The van der Waals surface area contributed by atoms with Crippen molar-refractivity contribution in [2.24, 2.45) is 5.92 Å². The van der Waals surface area contributed by atoms with Crippen molar-refractivity contribution in [2.45, 2.75) is 26.4 Å². The Kier molecular flexibility index (Phi) is 2.17. The molecule has 0 saturated carbocycles. The summed E-state index contributed by atoms with van der Waals surface area (Å²) in [5, 5.41) is 9.21. The highest BCUT2D eigenvalue weighted by Crippen LogP contribution is 2.22. The van der Waals surface area contributed by atoms with E-state index >= 15 is 0 Å². The second kappa shape index (κ2) is 2.95. The number of esters is 1. The van der Waals surface area contributed by atoms with Crippen LogP contribution in [0.2, 0.25) is 0 Å². The lowest BCUT2D eigenvalue weighted by atomic mass is 9.98. The third-order valence-corrected chi connectivity index (χ3v) is 1.96. The Morgan fingerprint density at radius 3 is 2.91 bits per heavy atom. The van der Waals surface area contributed by atoms with Gasteiger partial charge in [-0.1, -0.05) is 13.8 Å². The molecular formula is C8H12O3. The molecule has 1 aliphatic rings. The first-order valence-corrected chi connectivity index (χ1v) is 3.76. The Morgan fingerprint density at radius 2 is 2.36 bits per heavy atom. The number of aliphatic hydroxyl groups excluding tert-OH is 1. The Labute approximate surface area is 65.7 Å². The first-order valence-electron chi connectivity index (χ1n) is 3.76. The van der Waals surface area contributed by atoms with Gasteiger partial charge in [-0.25, -0.2) is 4.79 Å². The van der Waals surface area contributed by atoms with Gasteiger partial charge in [0.05, 0.1) is 12.0 Å². The van der Waals surface area contributed by atoms with Crippen LogP contribution in [0, 0.1) is 5.92 Å². The maximum absolute atomic E-state index is 10.7. The van der Waals surface area contributed by atoms with Crippen LogP contribution in [0.3, 0.4) is 0 Å². The average Bonchev–Trinajstić information content (AvgIpc) is 1.96. The summed E-state index contributed by atoms with van der Waals surface area (Å²) in [6.45, 7) is 3.76. The van der Waals surface area contributed by atoms with Gasteiger partial charge in [0.15, 0.2) is 0 Å². The Hall–Kier alpha value is -0.990. The fourth-order valence-electron chi connectivity index (χ4n) is 1.16. The van der Waals surface area contributed by atoms with E-state index in [1.807, 2.05) is 13.8 Å². The number of ether oxygens (including phenoxy) is 1. The highest BCUT2D eigenvalue weighted by molar-refractivity contribution is 5.83. The van der Waals surface area contributed by atoms with E-state index in [1.54, 1.807) is 0 Å². The van der Waals surface area contributed by atoms with E-state index in [2.05, 4.69) is 0 Å². The molecule has 0 spiro atoms. The summed E-state index contributed by atoms with van der Waals surface area (Å²) < 4.78 is 4.94. The lowest BCUT2D eigenvalue weighted by Crippen LogP contribution is -2.29. The minimum atomic E-state index is -0.438. The molecular weight excluding hydrogens is 144 g/mol. The third-order valence-electron chi connectivity index (χ3n) is 1.96. The number of rotatable bonds is 1. The number of carbonyl (C=O) groups excluding carboxylic acids is 1. The quantitative estimate of drug-likeness (QED) is 0.584. The molecule has 1 N–H and O–H groups in total. The Bertz CT molecular complexity index is 196. The summed E-state index contributed by atoms with van der Waals surface area (Å²) in [4.78, 5) is 10.7. The van der Waals surface area contributed by atoms with E-state index in [1.165, 1.54) is 0 Å². The first-order chi connectivity index (χ1) is 5.15. The molecule has 11 heavy (non-hydrogen) atoms. The van der Waals surface area contributed by atoms with Crippen LogP contribution in [0.5, 0.6) is 0 Å². The van der Waals surface area contributed by atoms with Gasteiger partial charge in [-0.2, -0.15) is 0 Å². The molecule has 62 valence electrons. The van der Waals surface area contributed by atoms with Crippen LogP contribution in [0.1, 0.15) is 20.3 Å². The summed E-state index contributed by atoms with van der Waals surface area (Å²) >= 11 is 0. The molecule has 0 aliphatic carbocycles. The molecule has 1 heterocycles. The summed E-state index contributed by atoms with van der Waals surface area (Å²) in [5.41, 5.74) is 0. The molecule has 0 aromatic rings. The van der Waals surface area contributed by atoms with Crippen LogP contribution >= 0.6 is 0 Å². The van der Waals surface area contributed by atoms with E-state index in [-0.39, 0.29) is 17.8 Å². The zero-order valence-electron chi connectivity index (χ0n) is 6.70. The van der Waals surface area contributed by atoms with Gasteiger partial charge in [0.1, 0.15) is 11.9 Å². The van der Waals surface area contributed by atoms with Gasteiger partial charge < -0.3 is 9.84 Å². The summed E-state index contributed by atoms with van der Waals surface area (Å²) in [5.74, 6) is -0.363. The molecule has 0 fully saturated rings. The van der Waals surface area contributed by atoms with Gasteiger partial charge in [-0.15, -0.1) is 0 Å². The van der Waals surface area contributed by atoms with Crippen LogP contribution < -0.4 is 0 Å².